The smallest absolute Gasteiger partial charge is 0.311 e. The third-order valence-electron chi connectivity index (χ3n) is 4.05. The molecule has 2 aromatic rings. The molecular weight excluding hydrogens is 356 g/mol. The van der Waals surface area contributed by atoms with Crippen molar-refractivity contribution in [2.75, 3.05) is 12.4 Å². The Morgan fingerprint density at radius 3 is 2.77 bits per heavy atom. The first-order chi connectivity index (χ1) is 12.5. The minimum atomic E-state index is -0.585. The fourth-order valence-electron chi connectivity index (χ4n) is 2.55. The first-order valence-electron chi connectivity index (χ1n) is 8.47. The van der Waals surface area contributed by atoms with E-state index in [0.717, 1.165) is 30.7 Å². The number of aromatic nitrogens is 2. The number of rotatable bonds is 9. The summed E-state index contributed by atoms with van der Waals surface area (Å²) in [6.07, 6.45) is 4.25. The second kappa shape index (κ2) is 9.23. The standard InChI is InChI=1S/C17H22N4O4S/c1-4-6-7-11(5-2)16-19-20-17(26-16)18-15(22)12-8-9-14(25-3)13(10-12)21(23)24/h8-11H,4-7H2,1-3H3,(H,18,20,22)/t11-/m0/s1. The van der Waals surface area contributed by atoms with E-state index in [2.05, 4.69) is 29.4 Å². The molecule has 0 aliphatic carbocycles. The van der Waals surface area contributed by atoms with Crippen LogP contribution >= 0.6 is 11.3 Å². The number of unbranched alkanes of at least 4 members (excludes halogenated alkanes) is 1. The van der Waals surface area contributed by atoms with Gasteiger partial charge in [0.2, 0.25) is 5.13 Å². The lowest BCUT2D eigenvalue weighted by Gasteiger charge is -2.09. The van der Waals surface area contributed by atoms with Gasteiger partial charge in [-0.05, 0) is 25.0 Å². The van der Waals surface area contributed by atoms with Crippen LogP contribution in [-0.4, -0.2) is 28.1 Å². The lowest BCUT2D eigenvalue weighted by atomic mass is 10.0. The summed E-state index contributed by atoms with van der Waals surface area (Å²) < 4.78 is 4.94. The van der Waals surface area contributed by atoms with E-state index < -0.39 is 10.8 Å². The summed E-state index contributed by atoms with van der Waals surface area (Å²) in [6, 6.07) is 4.06. The van der Waals surface area contributed by atoms with Gasteiger partial charge in [-0.2, -0.15) is 0 Å². The average molecular weight is 378 g/mol. The van der Waals surface area contributed by atoms with Gasteiger partial charge in [-0.25, -0.2) is 0 Å². The Kier molecular flexibility index (Phi) is 7.02. The zero-order valence-corrected chi connectivity index (χ0v) is 15.8. The van der Waals surface area contributed by atoms with Crippen molar-refractivity contribution < 1.29 is 14.5 Å². The van der Waals surface area contributed by atoms with Crippen LogP contribution in [0.15, 0.2) is 18.2 Å². The van der Waals surface area contributed by atoms with Crippen LogP contribution in [0.3, 0.4) is 0 Å². The van der Waals surface area contributed by atoms with E-state index in [-0.39, 0.29) is 17.0 Å². The van der Waals surface area contributed by atoms with Gasteiger partial charge in [-0.15, -0.1) is 10.2 Å². The topological polar surface area (TPSA) is 107 Å². The molecule has 0 fully saturated rings. The van der Waals surface area contributed by atoms with Crippen LogP contribution in [0.2, 0.25) is 0 Å². The maximum Gasteiger partial charge on any atom is 0.311 e. The Hall–Kier alpha value is -2.55. The summed E-state index contributed by atoms with van der Waals surface area (Å²) in [5.41, 5.74) is -0.101. The number of anilines is 1. The van der Waals surface area contributed by atoms with Gasteiger partial charge < -0.3 is 4.74 Å². The maximum atomic E-state index is 12.4. The molecule has 1 aromatic heterocycles. The molecule has 1 heterocycles. The summed E-state index contributed by atoms with van der Waals surface area (Å²) >= 11 is 1.34. The predicted molar refractivity (Wildman–Crippen MR) is 100 cm³/mol. The fourth-order valence-corrected chi connectivity index (χ4v) is 3.50. The second-order valence-corrected chi connectivity index (χ2v) is 6.80. The van der Waals surface area contributed by atoms with E-state index in [1.54, 1.807) is 0 Å². The zero-order chi connectivity index (χ0) is 19.1. The largest absolute Gasteiger partial charge is 0.490 e. The Labute approximate surface area is 155 Å². The van der Waals surface area contributed by atoms with E-state index in [9.17, 15) is 14.9 Å². The number of carbonyl (C=O) groups excluding carboxylic acids is 1. The van der Waals surface area contributed by atoms with Crippen LogP contribution in [-0.2, 0) is 0 Å². The second-order valence-electron chi connectivity index (χ2n) is 5.79. The zero-order valence-electron chi connectivity index (χ0n) is 15.0. The number of nitrogens with one attached hydrogen (secondary N) is 1. The highest BCUT2D eigenvalue weighted by atomic mass is 32.1. The summed E-state index contributed by atoms with van der Waals surface area (Å²) in [5.74, 6) is -0.0355. The van der Waals surface area contributed by atoms with Crippen molar-refractivity contribution in [3.05, 3.63) is 38.9 Å². The molecule has 0 saturated heterocycles. The van der Waals surface area contributed by atoms with Gasteiger partial charge in [0.1, 0.15) is 5.01 Å². The molecule has 1 amide bonds. The number of hydrogen-bond acceptors (Lipinski definition) is 7. The predicted octanol–water partition coefficient (Wildman–Crippen LogP) is 4.39. The highest BCUT2D eigenvalue weighted by molar-refractivity contribution is 7.15. The fraction of sp³-hybridized carbons (Fsp3) is 0.471. The maximum absolute atomic E-state index is 12.4. The van der Waals surface area contributed by atoms with E-state index in [4.69, 9.17) is 4.74 Å². The van der Waals surface area contributed by atoms with E-state index in [1.807, 2.05) is 0 Å². The number of nitro benzene ring substituents is 1. The number of hydrogen-bond donors (Lipinski definition) is 1. The number of methoxy groups -OCH3 is 1. The molecule has 0 unspecified atom stereocenters. The molecule has 26 heavy (non-hydrogen) atoms. The van der Waals surface area contributed by atoms with Crippen LogP contribution < -0.4 is 10.1 Å². The number of carbonyl (C=O) groups is 1. The first kappa shape index (κ1) is 19.8. The molecule has 0 saturated carbocycles. The summed E-state index contributed by atoms with van der Waals surface area (Å²) in [6.45, 7) is 4.25. The quantitative estimate of drug-likeness (QED) is 0.512. The first-order valence-corrected chi connectivity index (χ1v) is 9.28. The van der Waals surface area contributed by atoms with Crippen LogP contribution in [0, 0.1) is 10.1 Å². The van der Waals surface area contributed by atoms with Crippen LogP contribution in [0.5, 0.6) is 5.75 Å². The third kappa shape index (κ3) is 4.75. The van der Waals surface area contributed by atoms with E-state index in [0.29, 0.717) is 11.0 Å². The third-order valence-corrected chi connectivity index (χ3v) is 5.05. The molecule has 8 nitrogen and oxygen atoms in total. The van der Waals surface area contributed by atoms with Gasteiger partial charge >= 0.3 is 5.69 Å². The minimum Gasteiger partial charge on any atom is -0.490 e. The highest BCUT2D eigenvalue weighted by Gasteiger charge is 2.20. The SMILES string of the molecule is CCCC[C@H](CC)c1nnc(NC(=O)c2ccc(OC)c([N+](=O)[O-])c2)s1. The Morgan fingerprint density at radius 2 is 2.15 bits per heavy atom. The van der Waals surface area contributed by atoms with Crippen molar-refractivity contribution in [3.63, 3.8) is 0 Å². The van der Waals surface area contributed by atoms with Crippen LogP contribution in [0.25, 0.3) is 0 Å². The van der Waals surface area contributed by atoms with Gasteiger partial charge in [-0.1, -0.05) is 38.0 Å². The van der Waals surface area contributed by atoms with Crippen molar-refractivity contribution >= 4 is 28.1 Å². The van der Waals surface area contributed by atoms with Gasteiger partial charge in [0.05, 0.1) is 12.0 Å². The van der Waals surface area contributed by atoms with Crippen LogP contribution in [0.4, 0.5) is 10.8 Å². The van der Waals surface area contributed by atoms with E-state index >= 15 is 0 Å². The number of benzene rings is 1. The van der Waals surface area contributed by atoms with Crippen molar-refractivity contribution in [2.45, 2.75) is 45.4 Å². The molecule has 0 aliphatic heterocycles. The normalized spacial score (nSPS) is 11.8. The summed E-state index contributed by atoms with van der Waals surface area (Å²) in [4.78, 5) is 22.9. The number of nitrogens with zero attached hydrogens (tertiary/aromatic N) is 3. The number of ether oxygens (including phenoxy) is 1. The van der Waals surface area contributed by atoms with Gasteiger partial charge in [-0.3, -0.25) is 20.2 Å². The molecule has 0 radical (unpaired) electrons. The molecule has 1 aromatic carbocycles. The highest BCUT2D eigenvalue weighted by Crippen LogP contribution is 2.31. The van der Waals surface area contributed by atoms with Crippen molar-refractivity contribution in [3.8, 4) is 5.75 Å². The van der Waals surface area contributed by atoms with Gasteiger partial charge in [0, 0.05) is 17.5 Å². The molecule has 2 rings (SSSR count). The molecule has 9 heteroatoms. The Morgan fingerprint density at radius 1 is 1.38 bits per heavy atom. The van der Waals surface area contributed by atoms with Crippen molar-refractivity contribution in [1.29, 1.82) is 0 Å². The van der Waals surface area contributed by atoms with Gasteiger partial charge in [0.25, 0.3) is 5.91 Å². The lowest BCUT2D eigenvalue weighted by Crippen LogP contribution is -2.12. The summed E-state index contributed by atoms with van der Waals surface area (Å²) in [7, 11) is 1.34. The molecule has 1 N–H and O–H groups in total. The van der Waals surface area contributed by atoms with Crippen molar-refractivity contribution in [1.82, 2.24) is 10.2 Å². The Bertz CT molecular complexity index is 778. The molecular formula is C17H22N4O4S. The molecule has 1 atom stereocenters. The van der Waals surface area contributed by atoms with Crippen LogP contribution in [0.1, 0.15) is 60.8 Å². The number of nitro groups is 1. The minimum absolute atomic E-state index is 0.103. The van der Waals surface area contributed by atoms with Gasteiger partial charge in [0.15, 0.2) is 5.75 Å². The molecule has 0 aliphatic rings. The monoisotopic (exact) mass is 378 g/mol. The lowest BCUT2D eigenvalue weighted by molar-refractivity contribution is -0.385. The molecule has 0 bridgehead atoms. The average Bonchev–Trinajstić information content (AvgIpc) is 3.10. The summed E-state index contributed by atoms with van der Waals surface area (Å²) in [5, 5.41) is 23.2. The molecule has 140 valence electrons. The number of amides is 1. The Balaban J connectivity index is 2.13. The van der Waals surface area contributed by atoms with E-state index in [1.165, 1.54) is 36.6 Å². The van der Waals surface area contributed by atoms with Crippen molar-refractivity contribution in [2.24, 2.45) is 0 Å². The molecule has 0 spiro atoms.